The Labute approximate surface area is 170 Å². The molecule has 0 aliphatic carbocycles. The fourth-order valence-electron chi connectivity index (χ4n) is 2.76. The number of ether oxygens (including phenoxy) is 2. The van der Waals surface area contributed by atoms with Crippen LogP contribution >= 0.6 is 23.4 Å². The number of halogens is 4. The fourth-order valence-corrected chi connectivity index (χ4v) is 4.04. The molecule has 0 saturated carbocycles. The van der Waals surface area contributed by atoms with Crippen molar-refractivity contribution in [3.8, 4) is 5.88 Å². The van der Waals surface area contributed by atoms with E-state index in [1.165, 1.54) is 0 Å². The van der Waals surface area contributed by atoms with Crippen LogP contribution in [0.3, 0.4) is 0 Å². The lowest BCUT2D eigenvalue weighted by Crippen LogP contribution is -2.09. The van der Waals surface area contributed by atoms with Gasteiger partial charge in [0.15, 0.2) is 0 Å². The molecule has 1 aliphatic rings. The molecule has 2 heterocycles. The van der Waals surface area contributed by atoms with Gasteiger partial charge in [0.1, 0.15) is 17.7 Å². The van der Waals surface area contributed by atoms with E-state index in [2.05, 4.69) is 9.88 Å². The molecule has 2 aromatic rings. The molecule has 1 unspecified atom stereocenters. The van der Waals surface area contributed by atoms with E-state index in [1.807, 2.05) is 37.5 Å². The smallest absolute Gasteiger partial charge is 0.417 e. The van der Waals surface area contributed by atoms with Gasteiger partial charge >= 0.3 is 6.18 Å². The van der Waals surface area contributed by atoms with Gasteiger partial charge in [-0.2, -0.15) is 13.2 Å². The Morgan fingerprint density at radius 2 is 2.07 bits per heavy atom. The number of nitrogens with zero attached hydrogens (tertiary/aromatic N) is 2. The third-order valence-corrected chi connectivity index (χ3v) is 5.57. The molecule has 1 aromatic heterocycles. The summed E-state index contributed by atoms with van der Waals surface area (Å²) in [6, 6.07) is 8.39. The highest BCUT2D eigenvalue weighted by atomic mass is 35.5. The zero-order valence-corrected chi connectivity index (χ0v) is 16.7. The van der Waals surface area contributed by atoms with Gasteiger partial charge in [0.05, 0.1) is 11.4 Å². The molecular weight excluding hydrogens is 413 g/mol. The maximum absolute atomic E-state index is 12.7. The largest absolute Gasteiger partial charge is 0.472 e. The number of rotatable bonds is 6. The summed E-state index contributed by atoms with van der Waals surface area (Å²) in [4.78, 5) is 6.85. The second-order valence-corrected chi connectivity index (χ2v) is 7.60. The van der Waals surface area contributed by atoms with Crippen molar-refractivity contribution < 1.29 is 22.6 Å². The SMILES string of the molecule is COC(C1=CN(C)CS1)c1ccccc1COc1ncc(C(F)(F)F)cc1Cl. The normalized spacial score (nSPS) is 15.5. The first kappa shape index (κ1) is 20.8. The summed E-state index contributed by atoms with van der Waals surface area (Å²) in [5.74, 6) is 0.798. The fraction of sp³-hybridized carbons (Fsp3) is 0.316. The van der Waals surface area contributed by atoms with Crippen molar-refractivity contribution in [1.29, 1.82) is 0 Å². The van der Waals surface area contributed by atoms with Crippen LogP contribution in [0, 0.1) is 0 Å². The van der Waals surface area contributed by atoms with Crippen LogP contribution in [0.5, 0.6) is 5.88 Å². The van der Waals surface area contributed by atoms with E-state index in [0.717, 1.165) is 28.0 Å². The van der Waals surface area contributed by atoms with Crippen molar-refractivity contribution in [2.75, 3.05) is 20.0 Å². The van der Waals surface area contributed by atoms with Gasteiger partial charge in [-0.15, -0.1) is 11.8 Å². The second-order valence-electron chi connectivity index (χ2n) is 6.17. The zero-order chi connectivity index (χ0) is 20.3. The van der Waals surface area contributed by atoms with E-state index in [-0.39, 0.29) is 23.6 Å². The molecule has 0 amide bonds. The van der Waals surface area contributed by atoms with Crippen LogP contribution in [-0.4, -0.2) is 29.9 Å². The summed E-state index contributed by atoms with van der Waals surface area (Å²) < 4.78 is 49.5. The third-order valence-electron chi connectivity index (χ3n) is 4.11. The Morgan fingerprint density at radius 3 is 2.68 bits per heavy atom. The molecular formula is C19H18ClF3N2O2S. The molecule has 1 aromatic carbocycles. The van der Waals surface area contributed by atoms with Crippen molar-refractivity contribution in [2.45, 2.75) is 18.9 Å². The van der Waals surface area contributed by atoms with Crippen molar-refractivity contribution in [1.82, 2.24) is 9.88 Å². The highest BCUT2D eigenvalue weighted by Crippen LogP contribution is 2.39. The van der Waals surface area contributed by atoms with Crippen LogP contribution in [0.25, 0.3) is 0 Å². The van der Waals surface area contributed by atoms with Crippen molar-refractivity contribution in [2.24, 2.45) is 0 Å². The minimum Gasteiger partial charge on any atom is -0.472 e. The molecule has 0 bridgehead atoms. The van der Waals surface area contributed by atoms with Crippen LogP contribution in [0.4, 0.5) is 13.2 Å². The van der Waals surface area contributed by atoms with Crippen LogP contribution in [0.2, 0.25) is 5.02 Å². The van der Waals surface area contributed by atoms with Gasteiger partial charge in [-0.25, -0.2) is 4.98 Å². The van der Waals surface area contributed by atoms with Crippen LogP contribution in [-0.2, 0) is 17.5 Å². The monoisotopic (exact) mass is 430 g/mol. The maximum Gasteiger partial charge on any atom is 0.417 e. The number of hydrogen-bond donors (Lipinski definition) is 0. The lowest BCUT2D eigenvalue weighted by atomic mass is 10.0. The van der Waals surface area contributed by atoms with Crippen molar-refractivity contribution in [3.05, 3.63) is 69.3 Å². The number of alkyl halides is 3. The predicted molar refractivity (Wildman–Crippen MR) is 103 cm³/mol. The quantitative estimate of drug-likeness (QED) is 0.604. The first-order valence-electron chi connectivity index (χ1n) is 8.30. The van der Waals surface area contributed by atoms with Gasteiger partial charge in [0.2, 0.25) is 5.88 Å². The van der Waals surface area contributed by atoms with Gasteiger partial charge in [-0.3, -0.25) is 0 Å². The summed E-state index contributed by atoms with van der Waals surface area (Å²) in [6.07, 6.45) is -2.02. The minimum absolute atomic E-state index is 0.0485. The predicted octanol–water partition coefficient (Wildman–Crippen LogP) is 5.50. The lowest BCUT2D eigenvalue weighted by molar-refractivity contribution is -0.137. The number of thioether (sulfide) groups is 1. The first-order chi connectivity index (χ1) is 13.3. The van der Waals surface area contributed by atoms with Gasteiger partial charge in [-0.1, -0.05) is 35.9 Å². The molecule has 4 nitrogen and oxygen atoms in total. The summed E-state index contributed by atoms with van der Waals surface area (Å²) >= 11 is 7.61. The molecule has 0 fully saturated rings. The molecule has 0 spiro atoms. The minimum atomic E-state index is -4.51. The molecule has 0 saturated heterocycles. The lowest BCUT2D eigenvalue weighted by Gasteiger charge is -2.20. The summed E-state index contributed by atoms with van der Waals surface area (Å²) in [5, 5.41) is -0.189. The molecule has 28 heavy (non-hydrogen) atoms. The van der Waals surface area contributed by atoms with Crippen LogP contribution in [0.15, 0.2) is 47.6 Å². The summed E-state index contributed by atoms with van der Waals surface area (Å²) in [5.41, 5.74) is 0.837. The Kier molecular flexibility index (Phi) is 6.42. The van der Waals surface area contributed by atoms with Gasteiger partial charge in [0, 0.05) is 31.5 Å². The van der Waals surface area contributed by atoms with Crippen LogP contribution < -0.4 is 4.74 Å². The van der Waals surface area contributed by atoms with Gasteiger partial charge < -0.3 is 14.4 Å². The van der Waals surface area contributed by atoms with Gasteiger partial charge in [-0.05, 0) is 17.2 Å². The Bertz CT molecular complexity index is 876. The van der Waals surface area contributed by atoms with E-state index in [9.17, 15) is 13.2 Å². The molecule has 1 atom stereocenters. The van der Waals surface area contributed by atoms with Crippen molar-refractivity contribution >= 4 is 23.4 Å². The molecule has 150 valence electrons. The Morgan fingerprint density at radius 1 is 1.32 bits per heavy atom. The molecule has 1 aliphatic heterocycles. The summed E-state index contributed by atoms with van der Waals surface area (Å²) in [7, 11) is 3.62. The summed E-state index contributed by atoms with van der Waals surface area (Å²) in [6.45, 7) is 0.0991. The van der Waals surface area contributed by atoms with Crippen LogP contribution in [0.1, 0.15) is 22.8 Å². The topological polar surface area (TPSA) is 34.6 Å². The average molecular weight is 431 g/mol. The molecule has 0 radical (unpaired) electrons. The van der Waals surface area contributed by atoms with E-state index in [4.69, 9.17) is 21.1 Å². The standard InChI is InChI=1S/C19H18ClF3N2O2S/c1-25-9-16(28-11-25)17(26-2)14-6-4-3-5-12(14)10-27-18-15(20)7-13(8-24-18)19(21,22)23/h3-9,17H,10-11H2,1-2H3. The van der Waals surface area contributed by atoms with E-state index >= 15 is 0 Å². The number of pyridine rings is 1. The van der Waals surface area contributed by atoms with E-state index in [0.29, 0.717) is 6.20 Å². The molecule has 3 rings (SSSR count). The van der Waals surface area contributed by atoms with E-state index in [1.54, 1.807) is 18.9 Å². The van der Waals surface area contributed by atoms with E-state index < -0.39 is 11.7 Å². The van der Waals surface area contributed by atoms with Crippen molar-refractivity contribution in [3.63, 3.8) is 0 Å². The second kappa shape index (κ2) is 8.63. The number of hydrogen-bond acceptors (Lipinski definition) is 5. The number of aromatic nitrogens is 1. The van der Waals surface area contributed by atoms with Gasteiger partial charge in [0.25, 0.3) is 0 Å². The number of methoxy groups -OCH3 is 1. The number of benzene rings is 1. The molecule has 0 N–H and O–H groups in total. The highest BCUT2D eigenvalue weighted by molar-refractivity contribution is 8.03. The average Bonchev–Trinajstić information content (AvgIpc) is 3.07. The highest BCUT2D eigenvalue weighted by Gasteiger charge is 2.32. The first-order valence-corrected chi connectivity index (χ1v) is 9.67. The Balaban J connectivity index is 1.80. The molecule has 9 heteroatoms. The zero-order valence-electron chi connectivity index (χ0n) is 15.2. The third kappa shape index (κ3) is 4.74. The maximum atomic E-state index is 12.7. The Hall–Kier alpha value is -1.90.